The van der Waals surface area contributed by atoms with Gasteiger partial charge in [0.15, 0.2) is 10.8 Å². The summed E-state index contributed by atoms with van der Waals surface area (Å²) in [6, 6.07) is 12.2. The molecule has 27 heavy (non-hydrogen) atoms. The SMILES string of the molecule is Cc1cccc([C@H]2C[C@]3(CC(C)(C)NC(=S)N3)Oc3cc(O)cc(C)c32)c1. The predicted molar refractivity (Wildman–Crippen MR) is 111 cm³/mol. The molecule has 1 spiro atoms. The first kappa shape index (κ1) is 18.1. The summed E-state index contributed by atoms with van der Waals surface area (Å²) in [5.74, 6) is 1.12. The Labute approximate surface area is 165 Å². The van der Waals surface area contributed by atoms with Crippen LogP contribution < -0.4 is 15.4 Å². The number of aryl methyl sites for hydroxylation is 2. The molecule has 2 atom stereocenters. The quantitative estimate of drug-likeness (QED) is 0.643. The van der Waals surface area contributed by atoms with Gasteiger partial charge in [0.2, 0.25) is 0 Å². The third kappa shape index (κ3) is 3.36. The van der Waals surface area contributed by atoms with Gasteiger partial charge in [0, 0.05) is 35.9 Å². The minimum absolute atomic E-state index is 0.165. The minimum Gasteiger partial charge on any atom is -0.508 e. The smallest absolute Gasteiger partial charge is 0.185 e. The van der Waals surface area contributed by atoms with Gasteiger partial charge in [-0.25, -0.2) is 0 Å². The van der Waals surface area contributed by atoms with E-state index >= 15 is 0 Å². The van der Waals surface area contributed by atoms with E-state index in [1.807, 2.05) is 13.0 Å². The molecule has 2 aromatic carbocycles. The normalized spacial score (nSPS) is 25.9. The summed E-state index contributed by atoms with van der Waals surface area (Å²) in [5.41, 5.74) is 3.91. The average molecular weight is 383 g/mol. The summed E-state index contributed by atoms with van der Waals surface area (Å²) in [7, 11) is 0. The first-order valence-corrected chi connectivity index (χ1v) is 9.77. The van der Waals surface area contributed by atoms with Gasteiger partial charge in [-0.15, -0.1) is 0 Å². The third-order valence-corrected chi connectivity index (χ3v) is 5.69. The van der Waals surface area contributed by atoms with E-state index in [1.165, 1.54) is 11.1 Å². The van der Waals surface area contributed by atoms with Crippen LogP contribution in [0.3, 0.4) is 0 Å². The maximum atomic E-state index is 10.2. The highest BCUT2D eigenvalue weighted by molar-refractivity contribution is 7.80. The number of nitrogens with one attached hydrogen (secondary N) is 2. The second kappa shape index (κ2) is 6.13. The molecule has 2 aliphatic heterocycles. The van der Waals surface area contributed by atoms with Gasteiger partial charge >= 0.3 is 0 Å². The maximum Gasteiger partial charge on any atom is 0.185 e. The van der Waals surface area contributed by atoms with Crippen LogP contribution >= 0.6 is 12.2 Å². The summed E-state index contributed by atoms with van der Waals surface area (Å²) in [6.45, 7) is 8.42. The first-order chi connectivity index (χ1) is 12.7. The van der Waals surface area contributed by atoms with Crippen LogP contribution in [0.4, 0.5) is 0 Å². The van der Waals surface area contributed by atoms with E-state index in [0.29, 0.717) is 5.11 Å². The number of thiocarbonyl (C=S) groups is 1. The van der Waals surface area contributed by atoms with Crippen LogP contribution in [-0.2, 0) is 0 Å². The predicted octanol–water partition coefficient (Wildman–Crippen LogP) is 4.27. The molecule has 2 aromatic rings. The van der Waals surface area contributed by atoms with Gasteiger partial charge < -0.3 is 20.5 Å². The maximum absolute atomic E-state index is 10.2. The van der Waals surface area contributed by atoms with Crippen LogP contribution in [0.15, 0.2) is 36.4 Å². The van der Waals surface area contributed by atoms with Crippen LogP contribution in [-0.4, -0.2) is 21.5 Å². The highest BCUT2D eigenvalue weighted by Gasteiger charge is 2.49. The summed E-state index contributed by atoms with van der Waals surface area (Å²) in [5, 5.41) is 17.5. The van der Waals surface area contributed by atoms with E-state index in [2.05, 4.69) is 55.7 Å². The Morgan fingerprint density at radius 2 is 1.93 bits per heavy atom. The molecule has 4 rings (SSSR count). The molecule has 0 aliphatic carbocycles. The molecule has 3 N–H and O–H groups in total. The Balaban J connectivity index is 1.87. The number of benzene rings is 2. The highest BCUT2D eigenvalue weighted by Crippen LogP contribution is 2.49. The van der Waals surface area contributed by atoms with Crippen LogP contribution in [0.5, 0.6) is 11.5 Å². The Morgan fingerprint density at radius 3 is 2.63 bits per heavy atom. The molecule has 0 bridgehead atoms. The number of rotatable bonds is 1. The molecule has 0 unspecified atom stereocenters. The highest BCUT2D eigenvalue weighted by atomic mass is 32.1. The van der Waals surface area contributed by atoms with E-state index in [0.717, 1.165) is 29.7 Å². The van der Waals surface area contributed by atoms with Gasteiger partial charge in [0.1, 0.15) is 11.5 Å². The standard InChI is InChI=1S/C22H26N2O2S/c1-13-6-5-7-15(8-13)17-11-22(12-21(3,4)23-20(27)24-22)26-18-10-16(25)9-14(2)19(17)18/h5-10,17,25H,11-12H2,1-4H3,(H2,23,24,27)/t17-,22-/m1/s1. The molecule has 142 valence electrons. The lowest BCUT2D eigenvalue weighted by atomic mass is 9.76. The van der Waals surface area contributed by atoms with Crippen molar-refractivity contribution < 1.29 is 9.84 Å². The van der Waals surface area contributed by atoms with Crippen molar-refractivity contribution in [3.8, 4) is 11.5 Å². The van der Waals surface area contributed by atoms with Gasteiger partial charge in [0.25, 0.3) is 0 Å². The van der Waals surface area contributed by atoms with Gasteiger partial charge in [-0.1, -0.05) is 29.8 Å². The molecule has 1 fully saturated rings. The molecule has 2 heterocycles. The summed E-state index contributed by atoms with van der Waals surface area (Å²) < 4.78 is 6.51. The number of hydrogen-bond acceptors (Lipinski definition) is 3. The molecular formula is C22H26N2O2S. The molecule has 5 heteroatoms. The van der Waals surface area contributed by atoms with Crippen molar-refractivity contribution >= 4 is 17.3 Å². The fraction of sp³-hybridized carbons (Fsp3) is 0.409. The van der Waals surface area contributed by atoms with Crippen LogP contribution in [0.2, 0.25) is 0 Å². The fourth-order valence-corrected chi connectivity index (χ4v) is 5.13. The van der Waals surface area contributed by atoms with Crippen molar-refractivity contribution in [2.24, 2.45) is 0 Å². The lowest BCUT2D eigenvalue weighted by molar-refractivity contribution is -0.0130. The van der Waals surface area contributed by atoms with E-state index in [-0.39, 0.29) is 17.2 Å². The monoisotopic (exact) mass is 382 g/mol. The largest absolute Gasteiger partial charge is 0.508 e. The van der Waals surface area contributed by atoms with Crippen LogP contribution in [0.25, 0.3) is 0 Å². The van der Waals surface area contributed by atoms with Crippen LogP contribution in [0.1, 0.15) is 54.9 Å². The van der Waals surface area contributed by atoms with E-state index in [4.69, 9.17) is 17.0 Å². The van der Waals surface area contributed by atoms with Gasteiger partial charge in [-0.2, -0.15) is 0 Å². The first-order valence-electron chi connectivity index (χ1n) is 9.36. The van der Waals surface area contributed by atoms with E-state index < -0.39 is 5.72 Å². The third-order valence-electron chi connectivity index (χ3n) is 5.49. The molecule has 0 amide bonds. The van der Waals surface area contributed by atoms with Crippen molar-refractivity contribution in [1.82, 2.24) is 10.6 Å². The Morgan fingerprint density at radius 1 is 1.15 bits per heavy atom. The van der Waals surface area contributed by atoms with Gasteiger partial charge in [-0.3, -0.25) is 0 Å². The number of hydrogen-bond donors (Lipinski definition) is 3. The number of fused-ring (bicyclic) bond motifs is 1. The second-order valence-corrected chi connectivity index (χ2v) is 8.99. The molecule has 0 aromatic heterocycles. The van der Waals surface area contributed by atoms with E-state index in [9.17, 15) is 5.11 Å². The molecule has 2 aliphatic rings. The fourth-order valence-electron chi connectivity index (χ4n) is 4.67. The van der Waals surface area contributed by atoms with Crippen molar-refractivity contribution in [3.63, 3.8) is 0 Å². The summed E-state index contributed by atoms with van der Waals surface area (Å²) in [4.78, 5) is 0. The number of ether oxygens (including phenoxy) is 1. The zero-order valence-electron chi connectivity index (χ0n) is 16.2. The Hall–Kier alpha value is -2.27. The van der Waals surface area contributed by atoms with Crippen molar-refractivity contribution in [1.29, 1.82) is 0 Å². The molecular weight excluding hydrogens is 356 g/mol. The van der Waals surface area contributed by atoms with Crippen molar-refractivity contribution in [3.05, 3.63) is 58.7 Å². The molecule has 0 radical (unpaired) electrons. The minimum atomic E-state index is -0.604. The summed E-state index contributed by atoms with van der Waals surface area (Å²) in [6.07, 6.45) is 1.54. The Bertz CT molecular complexity index is 925. The summed E-state index contributed by atoms with van der Waals surface area (Å²) >= 11 is 5.48. The number of aromatic hydroxyl groups is 1. The van der Waals surface area contributed by atoms with Crippen molar-refractivity contribution in [2.75, 3.05) is 0 Å². The van der Waals surface area contributed by atoms with Gasteiger partial charge in [0.05, 0.1) is 0 Å². The zero-order valence-corrected chi connectivity index (χ0v) is 17.0. The number of phenols is 1. The second-order valence-electron chi connectivity index (χ2n) is 8.58. The van der Waals surface area contributed by atoms with E-state index in [1.54, 1.807) is 6.07 Å². The average Bonchev–Trinajstić information content (AvgIpc) is 2.51. The zero-order chi connectivity index (χ0) is 19.4. The lowest BCUT2D eigenvalue weighted by Crippen LogP contribution is -2.69. The Kier molecular flexibility index (Phi) is 4.11. The van der Waals surface area contributed by atoms with Crippen LogP contribution in [0, 0.1) is 13.8 Å². The molecule has 1 saturated heterocycles. The molecule has 0 saturated carbocycles. The topological polar surface area (TPSA) is 53.5 Å². The van der Waals surface area contributed by atoms with Gasteiger partial charge in [-0.05, 0) is 57.1 Å². The number of phenolic OH excluding ortho intramolecular Hbond substituents is 1. The molecule has 4 nitrogen and oxygen atoms in total. The van der Waals surface area contributed by atoms with Crippen molar-refractivity contribution in [2.45, 2.75) is 57.7 Å². The lowest BCUT2D eigenvalue weighted by Gasteiger charge is -2.50.